The highest BCUT2D eigenvalue weighted by molar-refractivity contribution is 4.96. The van der Waals surface area contributed by atoms with Crippen LogP contribution in [0, 0.1) is 0 Å². The molecule has 0 aliphatic carbocycles. The Morgan fingerprint density at radius 2 is 0.535 bits per heavy atom. The fraction of sp³-hybridized carbons (Fsp3) is 0.951. The van der Waals surface area contributed by atoms with Crippen molar-refractivity contribution in [3.05, 3.63) is 12.4 Å². The fourth-order valence-electron chi connectivity index (χ4n) is 7.11. The van der Waals surface area contributed by atoms with Crippen LogP contribution in [0.25, 0.3) is 0 Å². The van der Waals surface area contributed by atoms with Crippen LogP contribution in [-0.4, -0.2) is 29.1 Å². The Hall–Kier alpha value is -0.660. The number of hydrogen-bond acceptors (Lipinski definition) is 2. The first-order valence-corrected chi connectivity index (χ1v) is 20.5. The van der Waals surface area contributed by atoms with Gasteiger partial charge in [0.05, 0.1) is 0 Å². The van der Waals surface area contributed by atoms with Crippen LogP contribution >= 0.6 is 0 Å². The van der Waals surface area contributed by atoms with Gasteiger partial charge in [-0.15, -0.1) is 0 Å². The summed E-state index contributed by atoms with van der Waals surface area (Å²) in [5.41, 5.74) is 0. The van der Waals surface area contributed by atoms with Gasteiger partial charge in [0.15, 0.2) is 0 Å². The Labute approximate surface area is 273 Å². The van der Waals surface area contributed by atoms with Gasteiger partial charge < -0.3 is 9.80 Å². The summed E-state index contributed by atoms with van der Waals surface area (Å²) in [6, 6.07) is 0. The molecule has 1 rings (SSSR count). The zero-order chi connectivity index (χ0) is 30.9. The van der Waals surface area contributed by atoms with E-state index in [0.29, 0.717) is 6.17 Å². The topological polar surface area (TPSA) is 6.48 Å². The molecule has 0 saturated heterocycles. The van der Waals surface area contributed by atoms with Crippen molar-refractivity contribution in [2.45, 2.75) is 239 Å². The minimum Gasteiger partial charge on any atom is -0.356 e. The van der Waals surface area contributed by atoms with E-state index in [4.69, 9.17) is 0 Å². The molecular weight excluding hydrogens is 520 g/mol. The van der Waals surface area contributed by atoms with E-state index in [1.54, 1.807) is 0 Å². The van der Waals surface area contributed by atoms with E-state index in [9.17, 15) is 0 Å². The van der Waals surface area contributed by atoms with Crippen LogP contribution in [-0.2, 0) is 0 Å². The van der Waals surface area contributed by atoms with Crippen LogP contribution in [0.15, 0.2) is 12.4 Å². The lowest BCUT2D eigenvalue weighted by molar-refractivity contribution is 0.138. The van der Waals surface area contributed by atoms with Gasteiger partial charge in [-0.2, -0.15) is 0 Å². The first-order valence-electron chi connectivity index (χ1n) is 20.5. The Balaban J connectivity index is 1.91. The van der Waals surface area contributed by atoms with Crippen LogP contribution < -0.4 is 0 Å². The quantitative estimate of drug-likeness (QED) is 0.0666. The predicted molar refractivity (Wildman–Crippen MR) is 196 cm³/mol. The third-order valence-electron chi connectivity index (χ3n) is 10.1. The maximum absolute atomic E-state index is 2.67. The molecule has 0 saturated carbocycles. The normalized spacial score (nSPS) is 14.9. The number of unbranched alkanes of at least 4 members (excludes halogenated alkanes) is 29. The molecule has 2 heteroatoms. The van der Waals surface area contributed by atoms with Crippen molar-refractivity contribution >= 4 is 0 Å². The van der Waals surface area contributed by atoms with Crippen molar-refractivity contribution in [2.75, 3.05) is 13.1 Å². The van der Waals surface area contributed by atoms with Gasteiger partial charge in [0, 0.05) is 25.5 Å². The molecule has 1 aliphatic rings. The van der Waals surface area contributed by atoms with Crippen LogP contribution in [0.3, 0.4) is 0 Å². The molecule has 1 atom stereocenters. The van der Waals surface area contributed by atoms with Crippen molar-refractivity contribution in [2.24, 2.45) is 0 Å². The molecule has 1 heterocycles. The summed E-state index contributed by atoms with van der Waals surface area (Å²) in [5, 5.41) is 0. The molecule has 0 spiro atoms. The first kappa shape index (κ1) is 40.4. The largest absolute Gasteiger partial charge is 0.356 e. The van der Waals surface area contributed by atoms with Gasteiger partial charge in [0.2, 0.25) is 0 Å². The summed E-state index contributed by atoms with van der Waals surface area (Å²) in [7, 11) is 0. The van der Waals surface area contributed by atoms with Gasteiger partial charge in [-0.3, -0.25) is 0 Å². The second-order valence-electron chi connectivity index (χ2n) is 14.3. The van der Waals surface area contributed by atoms with Crippen LogP contribution in [0.4, 0.5) is 0 Å². The molecule has 0 aromatic rings. The van der Waals surface area contributed by atoms with Crippen LogP contribution in [0.5, 0.6) is 0 Å². The highest BCUT2D eigenvalue weighted by atomic mass is 15.4. The van der Waals surface area contributed by atoms with Crippen LogP contribution in [0.2, 0.25) is 0 Å². The molecule has 43 heavy (non-hydrogen) atoms. The van der Waals surface area contributed by atoms with Gasteiger partial charge in [-0.25, -0.2) is 0 Å². The van der Waals surface area contributed by atoms with E-state index < -0.39 is 0 Å². The molecule has 0 aromatic carbocycles. The van der Waals surface area contributed by atoms with E-state index in [2.05, 4.69) is 43.0 Å². The fourth-order valence-corrected chi connectivity index (χ4v) is 7.11. The number of hydrogen-bond donors (Lipinski definition) is 0. The average Bonchev–Trinajstić information content (AvgIpc) is 3.39. The molecule has 0 radical (unpaired) electrons. The highest BCUT2D eigenvalue weighted by Gasteiger charge is 2.24. The highest BCUT2D eigenvalue weighted by Crippen LogP contribution is 2.23. The molecule has 0 N–H and O–H groups in total. The number of nitrogens with zero attached hydrogens (tertiary/aromatic N) is 2. The van der Waals surface area contributed by atoms with Crippen molar-refractivity contribution in [3.8, 4) is 0 Å². The summed E-state index contributed by atoms with van der Waals surface area (Å²) in [4.78, 5) is 5.33. The van der Waals surface area contributed by atoms with Crippen molar-refractivity contribution < 1.29 is 0 Å². The van der Waals surface area contributed by atoms with Gasteiger partial charge in [0.1, 0.15) is 6.17 Å². The van der Waals surface area contributed by atoms with Gasteiger partial charge in [0.25, 0.3) is 0 Å². The smallest absolute Gasteiger partial charge is 0.101 e. The molecule has 0 amide bonds. The van der Waals surface area contributed by atoms with Gasteiger partial charge in [-0.1, -0.05) is 213 Å². The monoisotopic (exact) mass is 603 g/mol. The average molecular weight is 603 g/mol. The standard InChI is InChI=1S/C41H82N2/c1-4-7-9-11-13-15-17-19-21-23-25-27-29-31-33-35-38-43-40-39-42(41(43)36-6-3)37-34-32-30-28-26-24-22-20-18-16-14-12-10-8-5-2/h39-41H,4-38H2,1-3H3. The second kappa shape index (κ2) is 32.7. The zero-order valence-electron chi connectivity index (χ0n) is 30.4. The molecule has 2 nitrogen and oxygen atoms in total. The lowest BCUT2D eigenvalue weighted by Gasteiger charge is -2.33. The Morgan fingerprint density at radius 3 is 0.767 bits per heavy atom. The van der Waals surface area contributed by atoms with E-state index in [-0.39, 0.29) is 0 Å². The minimum atomic E-state index is 0.632. The lowest BCUT2D eigenvalue weighted by Crippen LogP contribution is -2.39. The summed E-state index contributed by atoms with van der Waals surface area (Å²) < 4.78 is 0. The number of rotatable bonds is 35. The van der Waals surface area contributed by atoms with Crippen molar-refractivity contribution in [1.29, 1.82) is 0 Å². The van der Waals surface area contributed by atoms with Gasteiger partial charge >= 0.3 is 0 Å². The van der Waals surface area contributed by atoms with Crippen molar-refractivity contribution in [3.63, 3.8) is 0 Å². The molecule has 1 aliphatic heterocycles. The van der Waals surface area contributed by atoms with Gasteiger partial charge in [-0.05, 0) is 19.3 Å². The molecule has 0 fully saturated rings. The summed E-state index contributed by atoms with van der Waals surface area (Å²) in [6.45, 7) is 9.49. The second-order valence-corrected chi connectivity index (χ2v) is 14.3. The first-order chi connectivity index (χ1) is 21.3. The van der Waals surface area contributed by atoms with Crippen LogP contribution in [0.1, 0.15) is 233 Å². The minimum absolute atomic E-state index is 0.632. The summed E-state index contributed by atoms with van der Waals surface area (Å²) in [5.74, 6) is 0. The maximum atomic E-state index is 2.67. The SMILES string of the molecule is CCCCCCCCCCCCCCCCCCN1C=CN(CCCCCCCCCCCCCCCCC)C1CCC. The van der Waals surface area contributed by atoms with Crippen molar-refractivity contribution in [1.82, 2.24) is 9.80 Å². The Kier molecular flexibility index (Phi) is 30.7. The molecule has 0 bridgehead atoms. The molecular formula is C41H82N2. The van der Waals surface area contributed by atoms with E-state index in [1.807, 2.05) is 0 Å². The maximum Gasteiger partial charge on any atom is 0.101 e. The van der Waals surface area contributed by atoms with E-state index in [0.717, 1.165) is 0 Å². The molecule has 256 valence electrons. The third kappa shape index (κ3) is 25.2. The Bertz CT molecular complexity index is 558. The summed E-state index contributed by atoms with van der Waals surface area (Å²) >= 11 is 0. The third-order valence-corrected chi connectivity index (χ3v) is 10.1. The zero-order valence-corrected chi connectivity index (χ0v) is 30.4. The lowest BCUT2D eigenvalue weighted by atomic mass is 10.0. The van der Waals surface area contributed by atoms with E-state index >= 15 is 0 Å². The van der Waals surface area contributed by atoms with E-state index in [1.165, 1.54) is 225 Å². The molecule has 1 unspecified atom stereocenters. The predicted octanol–water partition coefficient (Wildman–Crippen LogP) is 14.3. The summed E-state index contributed by atoms with van der Waals surface area (Å²) in [6.07, 6.45) is 53.0. The molecule has 0 aromatic heterocycles. The Morgan fingerprint density at radius 1 is 0.302 bits per heavy atom.